The van der Waals surface area contributed by atoms with Gasteiger partial charge in [-0.2, -0.15) is 4.98 Å². The van der Waals surface area contributed by atoms with Crippen LogP contribution in [0.5, 0.6) is 11.5 Å². The van der Waals surface area contributed by atoms with Gasteiger partial charge < -0.3 is 18.7 Å². The fourth-order valence-electron chi connectivity index (χ4n) is 4.22. The van der Waals surface area contributed by atoms with Gasteiger partial charge in [0.1, 0.15) is 6.10 Å². The van der Waals surface area contributed by atoms with Gasteiger partial charge in [-0.3, -0.25) is 4.90 Å². The molecule has 3 aliphatic heterocycles. The molecule has 0 radical (unpaired) electrons. The van der Waals surface area contributed by atoms with Gasteiger partial charge in [0.15, 0.2) is 17.3 Å². The number of nitrogens with zero attached hydrogens (tertiary/aromatic N) is 3. The Morgan fingerprint density at radius 2 is 2.00 bits per heavy atom. The lowest BCUT2D eigenvalue weighted by Crippen LogP contribution is -2.43. The number of likely N-dealkylation sites (tertiary alicyclic amines) is 1. The van der Waals surface area contributed by atoms with Gasteiger partial charge >= 0.3 is 0 Å². The van der Waals surface area contributed by atoms with Crippen LogP contribution in [0.15, 0.2) is 22.7 Å². The summed E-state index contributed by atoms with van der Waals surface area (Å²) < 4.78 is 22.6. The number of aryl methyl sites for hydroxylation is 1. The Morgan fingerprint density at radius 1 is 1.15 bits per heavy atom. The van der Waals surface area contributed by atoms with Crippen LogP contribution in [-0.2, 0) is 11.3 Å². The fraction of sp³-hybridized carbons (Fsp3) is 0.579. The Labute approximate surface area is 152 Å². The normalized spacial score (nSPS) is 24.4. The quantitative estimate of drug-likeness (QED) is 0.836. The number of aromatic nitrogens is 2. The van der Waals surface area contributed by atoms with Gasteiger partial charge in [-0.25, -0.2) is 0 Å². The Bertz CT molecular complexity index is 798. The molecule has 0 saturated carbocycles. The van der Waals surface area contributed by atoms with E-state index in [-0.39, 0.29) is 11.7 Å². The summed E-state index contributed by atoms with van der Waals surface area (Å²) in [4.78, 5) is 6.82. The highest BCUT2D eigenvalue weighted by atomic mass is 16.7. The topological polar surface area (TPSA) is 69.9 Å². The molecule has 1 aromatic heterocycles. The first-order valence-corrected chi connectivity index (χ1v) is 9.28. The first-order valence-electron chi connectivity index (χ1n) is 9.28. The van der Waals surface area contributed by atoms with Crippen molar-refractivity contribution in [1.29, 1.82) is 0 Å². The van der Waals surface area contributed by atoms with Gasteiger partial charge in [-0.1, -0.05) is 11.2 Å². The molecule has 1 atom stereocenters. The zero-order chi connectivity index (χ0) is 17.6. The van der Waals surface area contributed by atoms with Crippen molar-refractivity contribution in [2.75, 3.05) is 19.9 Å². The third-order valence-corrected chi connectivity index (χ3v) is 5.68. The molecule has 2 saturated heterocycles. The Morgan fingerprint density at radius 3 is 2.81 bits per heavy atom. The van der Waals surface area contributed by atoms with Crippen LogP contribution in [0.25, 0.3) is 0 Å². The molecule has 4 heterocycles. The molecule has 2 aromatic rings. The van der Waals surface area contributed by atoms with E-state index in [1.807, 2.05) is 13.0 Å². The molecule has 138 valence electrons. The van der Waals surface area contributed by atoms with Crippen LogP contribution in [0.2, 0.25) is 0 Å². The van der Waals surface area contributed by atoms with Gasteiger partial charge in [0.25, 0.3) is 5.89 Å². The van der Waals surface area contributed by atoms with Crippen molar-refractivity contribution in [1.82, 2.24) is 15.0 Å². The molecular formula is C19H23N3O4. The molecule has 2 fully saturated rings. The molecule has 7 heteroatoms. The van der Waals surface area contributed by atoms with Crippen molar-refractivity contribution < 1.29 is 18.7 Å². The third-order valence-electron chi connectivity index (χ3n) is 5.68. The molecule has 0 amide bonds. The third kappa shape index (κ3) is 2.95. The van der Waals surface area contributed by atoms with E-state index in [2.05, 4.69) is 27.2 Å². The number of hydrogen-bond donors (Lipinski definition) is 0. The van der Waals surface area contributed by atoms with Crippen LogP contribution in [0, 0.1) is 6.92 Å². The minimum Gasteiger partial charge on any atom is -0.454 e. The van der Waals surface area contributed by atoms with Crippen LogP contribution >= 0.6 is 0 Å². The monoisotopic (exact) mass is 357 g/mol. The van der Waals surface area contributed by atoms with Gasteiger partial charge in [-0.15, -0.1) is 0 Å². The number of piperidine rings is 1. The summed E-state index contributed by atoms with van der Waals surface area (Å²) in [5, 5.41) is 3.88. The first kappa shape index (κ1) is 16.1. The molecule has 1 aromatic carbocycles. The van der Waals surface area contributed by atoms with E-state index < -0.39 is 0 Å². The average Bonchev–Trinajstić information content (AvgIpc) is 3.37. The lowest BCUT2D eigenvalue weighted by Gasteiger charge is -2.39. The average molecular weight is 357 g/mol. The Kier molecular flexibility index (Phi) is 3.86. The smallest absolute Gasteiger partial charge is 0.255 e. The predicted octanol–water partition coefficient (Wildman–Crippen LogP) is 2.99. The van der Waals surface area contributed by atoms with Crippen molar-refractivity contribution in [3.05, 3.63) is 35.5 Å². The first-order chi connectivity index (χ1) is 12.7. The zero-order valence-corrected chi connectivity index (χ0v) is 14.9. The van der Waals surface area contributed by atoms with E-state index in [4.69, 9.17) is 18.7 Å². The summed E-state index contributed by atoms with van der Waals surface area (Å²) in [6.45, 7) is 5.16. The second-order valence-corrected chi connectivity index (χ2v) is 7.47. The molecule has 3 aliphatic rings. The SMILES string of the molecule is Cc1noc([C@@H]2CCC3(CCN(Cc4ccc5c(c4)OCO5)CC3)O2)n1. The van der Waals surface area contributed by atoms with Crippen LogP contribution in [-0.4, -0.2) is 40.5 Å². The zero-order valence-electron chi connectivity index (χ0n) is 14.9. The van der Waals surface area contributed by atoms with Crippen LogP contribution in [0.1, 0.15) is 49.1 Å². The molecule has 0 unspecified atom stereocenters. The predicted molar refractivity (Wildman–Crippen MR) is 91.9 cm³/mol. The molecule has 0 N–H and O–H groups in total. The van der Waals surface area contributed by atoms with Crippen molar-refractivity contribution in [3.8, 4) is 11.5 Å². The maximum absolute atomic E-state index is 6.39. The Balaban J connectivity index is 1.19. The van der Waals surface area contributed by atoms with Crippen LogP contribution in [0.3, 0.4) is 0 Å². The number of hydrogen-bond acceptors (Lipinski definition) is 7. The maximum atomic E-state index is 6.39. The summed E-state index contributed by atoms with van der Waals surface area (Å²) in [6.07, 6.45) is 4.07. The number of benzene rings is 1. The lowest BCUT2D eigenvalue weighted by atomic mass is 9.88. The van der Waals surface area contributed by atoms with Crippen molar-refractivity contribution in [3.63, 3.8) is 0 Å². The molecule has 7 nitrogen and oxygen atoms in total. The number of rotatable bonds is 3. The largest absolute Gasteiger partial charge is 0.454 e. The van der Waals surface area contributed by atoms with Crippen molar-refractivity contribution in [2.45, 2.75) is 50.9 Å². The van der Waals surface area contributed by atoms with E-state index >= 15 is 0 Å². The van der Waals surface area contributed by atoms with Gasteiger partial charge in [-0.05, 0) is 50.3 Å². The lowest BCUT2D eigenvalue weighted by molar-refractivity contribution is -0.0869. The molecule has 1 spiro atoms. The second-order valence-electron chi connectivity index (χ2n) is 7.47. The van der Waals surface area contributed by atoms with E-state index in [0.717, 1.165) is 56.8 Å². The van der Waals surface area contributed by atoms with Crippen molar-refractivity contribution >= 4 is 0 Å². The Hall–Kier alpha value is -2.12. The second kappa shape index (κ2) is 6.25. The standard InChI is InChI=1S/C19H23N3O4/c1-13-20-18(26-21-13)16-4-5-19(25-16)6-8-22(9-7-19)11-14-2-3-15-17(10-14)24-12-23-15/h2-3,10,16H,4-9,11-12H2,1H3/t16-/m0/s1. The molecule has 0 aliphatic carbocycles. The summed E-state index contributed by atoms with van der Waals surface area (Å²) in [6, 6.07) is 6.21. The minimum absolute atomic E-state index is 0.0293. The van der Waals surface area contributed by atoms with E-state index in [1.54, 1.807) is 0 Å². The number of ether oxygens (including phenoxy) is 3. The molecule has 0 bridgehead atoms. The summed E-state index contributed by atoms with van der Waals surface area (Å²) >= 11 is 0. The molecule has 26 heavy (non-hydrogen) atoms. The molecule has 5 rings (SSSR count). The van der Waals surface area contributed by atoms with E-state index in [1.165, 1.54) is 5.56 Å². The van der Waals surface area contributed by atoms with Crippen molar-refractivity contribution in [2.24, 2.45) is 0 Å². The van der Waals surface area contributed by atoms with Gasteiger partial charge in [0.05, 0.1) is 5.60 Å². The summed E-state index contributed by atoms with van der Waals surface area (Å²) in [5.74, 6) is 2.99. The highest BCUT2D eigenvalue weighted by Crippen LogP contribution is 2.44. The summed E-state index contributed by atoms with van der Waals surface area (Å²) in [7, 11) is 0. The highest BCUT2D eigenvalue weighted by molar-refractivity contribution is 5.44. The minimum atomic E-state index is -0.0448. The van der Waals surface area contributed by atoms with Crippen LogP contribution in [0.4, 0.5) is 0 Å². The fourth-order valence-corrected chi connectivity index (χ4v) is 4.22. The highest BCUT2D eigenvalue weighted by Gasteiger charge is 2.44. The van der Waals surface area contributed by atoms with E-state index in [0.29, 0.717) is 18.5 Å². The van der Waals surface area contributed by atoms with Gasteiger partial charge in [0, 0.05) is 19.6 Å². The summed E-state index contributed by atoms with van der Waals surface area (Å²) in [5.41, 5.74) is 1.23. The van der Waals surface area contributed by atoms with E-state index in [9.17, 15) is 0 Å². The van der Waals surface area contributed by atoms with Gasteiger partial charge in [0.2, 0.25) is 6.79 Å². The number of fused-ring (bicyclic) bond motifs is 1. The molecular weight excluding hydrogens is 334 g/mol. The maximum Gasteiger partial charge on any atom is 0.255 e. The van der Waals surface area contributed by atoms with Crippen LogP contribution < -0.4 is 9.47 Å².